The molecule has 2 aromatic carbocycles. The molecule has 2 aromatic rings. The van der Waals surface area contributed by atoms with E-state index in [9.17, 15) is 8.42 Å². The van der Waals surface area contributed by atoms with Gasteiger partial charge in [-0.1, -0.05) is 29.8 Å². The van der Waals surface area contributed by atoms with Crippen molar-refractivity contribution in [3.8, 4) is 0 Å². The van der Waals surface area contributed by atoms with Gasteiger partial charge in [0.25, 0.3) is 10.1 Å². The number of benzene rings is 2. The molecule has 0 saturated carbocycles. The minimum Gasteiger partial charge on any atom is -0.302 e. The van der Waals surface area contributed by atoms with E-state index in [4.69, 9.17) is 9.02 Å². The number of rotatable bonds is 5. The van der Waals surface area contributed by atoms with Crippen LogP contribution in [0.5, 0.6) is 0 Å². The number of aryl methyl sites for hydroxylation is 1. The lowest BCUT2D eigenvalue weighted by Gasteiger charge is -2.48. The Bertz CT molecular complexity index is 1100. The van der Waals surface area contributed by atoms with Crippen LogP contribution in [0.2, 0.25) is 0 Å². The van der Waals surface area contributed by atoms with E-state index in [0.29, 0.717) is 5.92 Å². The Hall–Kier alpha value is -2.06. The third kappa shape index (κ3) is 3.12. The van der Waals surface area contributed by atoms with Crippen LogP contribution in [0.25, 0.3) is 0 Å². The lowest BCUT2D eigenvalue weighted by molar-refractivity contribution is -0.185. The third-order valence-electron chi connectivity index (χ3n) is 6.74. The highest BCUT2D eigenvalue weighted by Gasteiger charge is 2.51. The predicted molar refractivity (Wildman–Crippen MR) is 115 cm³/mol. The Kier molecular flexibility index (Phi) is 4.82. The lowest BCUT2D eigenvalue weighted by Crippen LogP contribution is -2.52. The highest BCUT2D eigenvalue weighted by Crippen LogP contribution is 2.53. The normalized spacial score (nSPS) is 27.7. The van der Waals surface area contributed by atoms with Crippen LogP contribution in [0.4, 0.5) is 5.69 Å². The third-order valence-corrected chi connectivity index (χ3v) is 8.02. The van der Waals surface area contributed by atoms with Crippen LogP contribution >= 0.6 is 0 Å². The molecule has 0 spiro atoms. The van der Waals surface area contributed by atoms with E-state index in [1.165, 1.54) is 5.56 Å². The van der Waals surface area contributed by atoms with Crippen LogP contribution in [0.3, 0.4) is 0 Å². The molecule has 1 fully saturated rings. The summed E-state index contributed by atoms with van der Waals surface area (Å²) >= 11 is 0. The summed E-state index contributed by atoms with van der Waals surface area (Å²) in [7, 11) is -2.15. The molecular formula is C23H26N2O4S. The summed E-state index contributed by atoms with van der Waals surface area (Å²) in [4.78, 5) is 10.5. The zero-order valence-electron chi connectivity index (χ0n) is 17.2. The Morgan fingerprint density at radius 3 is 2.77 bits per heavy atom. The van der Waals surface area contributed by atoms with E-state index in [-0.39, 0.29) is 17.5 Å². The molecule has 0 N–H and O–H groups in total. The molecule has 7 heteroatoms. The number of hydrogen-bond donors (Lipinski definition) is 0. The summed E-state index contributed by atoms with van der Waals surface area (Å²) in [5, 5.41) is 2.05. The van der Waals surface area contributed by atoms with Gasteiger partial charge in [-0.25, -0.2) is 0 Å². The number of nitrogens with zero attached hydrogens (tertiary/aromatic N) is 2. The standard InChI is InChI=1S/C23H26N2O4S/c1-16-8-10-17(11-9-16)30(26,27)29-15-23-13-21-18(6-4-12-25(21)28-2)19-5-3-7-20(22(19)23)24-14-23/h3,5,7-11,14,18,21H,4,6,12-13,15H2,1-2H3/t18-,21-,23?/m1/s1. The minimum absolute atomic E-state index is 0.0392. The smallest absolute Gasteiger partial charge is 0.297 e. The molecule has 0 aromatic heterocycles. The van der Waals surface area contributed by atoms with Crippen molar-refractivity contribution in [1.29, 1.82) is 0 Å². The van der Waals surface area contributed by atoms with Crippen LogP contribution in [0.15, 0.2) is 52.4 Å². The van der Waals surface area contributed by atoms with Gasteiger partial charge in [0.15, 0.2) is 0 Å². The van der Waals surface area contributed by atoms with Crippen molar-refractivity contribution >= 4 is 22.0 Å². The maximum Gasteiger partial charge on any atom is 0.297 e. The van der Waals surface area contributed by atoms with Crippen LogP contribution in [0.1, 0.15) is 41.9 Å². The zero-order chi connectivity index (χ0) is 20.9. The molecule has 30 heavy (non-hydrogen) atoms. The van der Waals surface area contributed by atoms with Crippen molar-refractivity contribution in [3.05, 3.63) is 59.2 Å². The van der Waals surface area contributed by atoms with Crippen molar-refractivity contribution in [2.45, 2.75) is 48.5 Å². The number of fused-ring (bicyclic) bond motifs is 2. The lowest BCUT2D eigenvalue weighted by atomic mass is 9.64. The van der Waals surface area contributed by atoms with Gasteiger partial charge in [0.2, 0.25) is 0 Å². The maximum absolute atomic E-state index is 12.9. The highest BCUT2D eigenvalue weighted by molar-refractivity contribution is 7.86. The Labute approximate surface area is 177 Å². The van der Waals surface area contributed by atoms with E-state index in [0.717, 1.165) is 42.6 Å². The molecule has 6 nitrogen and oxygen atoms in total. The molecule has 1 saturated heterocycles. The van der Waals surface area contributed by atoms with Crippen LogP contribution < -0.4 is 0 Å². The fourth-order valence-electron chi connectivity index (χ4n) is 5.29. The van der Waals surface area contributed by atoms with Gasteiger partial charge in [-0.05, 0) is 55.5 Å². The van der Waals surface area contributed by atoms with Crippen molar-refractivity contribution in [2.24, 2.45) is 4.99 Å². The molecule has 3 aliphatic rings. The summed E-state index contributed by atoms with van der Waals surface area (Å²) in [5.41, 5.74) is 3.74. The van der Waals surface area contributed by atoms with Gasteiger partial charge in [0.05, 0.1) is 29.7 Å². The fourth-order valence-corrected chi connectivity index (χ4v) is 6.26. The van der Waals surface area contributed by atoms with E-state index in [1.807, 2.05) is 30.3 Å². The molecular weight excluding hydrogens is 400 g/mol. The fraction of sp³-hybridized carbons (Fsp3) is 0.435. The molecule has 1 aliphatic carbocycles. The van der Waals surface area contributed by atoms with Gasteiger partial charge in [-0.2, -0.15) is 13.5 Å². The van der Waals surface area contributed by atoms with Gasteiger partial charge in [-0.3, -0.25) is 9.18 Å². The summed E-state index contributed by atoms with van der Waals surface area (Å²) < 4.78 is 31.4. The number of piperidine rings is 1. The molecule has 2 heterocycles. The minimum atomic E-state index is -3.86. The van der Waals surface area contributed by atoms with Gasteiger partial charge < -0.3 is 4.84 Å². The molecule has 0 radical (unpaired) electrons. The van der Waals surface area contributed by atoms with Crippen molar-refractivity contribution in [2.75, 3.05) is 20.3 Å². The molecule has 0 bridgehead atoms. The van der Waals surface area contributed by atoms with E-state index < -0.39 is 15.5 Å². The quantitative estimate of drug-likeness (QED) is 0.679. The Morgan fingerprint density at radius 1 is 1.20 bits per heavy atom. The molecule has 3 atom stereocenters. The zero-order valence-corrected chi connectivity index (χ0v) is 18.1. The van der Waals surface area contributed by atoms with Crippen LogP contribution in [0, 0.1) is 6.92 Å². The molecule has 158 valence electrons. The summed E-state index contributed by atoms with van der Waals surface area (Å²) in [6.45, 7) is 2.84. The van der Waals surface area contributed by atoms with E-state index in [2.05, 4.69) is 11.1 Å². The average Bonchev–Trinajstić information content (AvgIpc) is 3.13. The summed E-state index contributed by atoms with van der Waals surface area (Å²) in [6.07, 6.45) is 4.79. The van der Waals surface area contributed by atoms with Crippen LogP contribution in [-0.2, 0) is 24.6 Å². The summed E-state index contributed by atoms with van der Waals surface area (Å²) in [5.74, 6) is 0.359. The Balaban J connectivity index is 1.51. The molecule has 5 rings (SSSR count). The van der Waals surface area contributed by atoms with Crippen molar-refractivity contribution in [1.82, 2.24) is 5.06 Å². The first-order chi connectivity index (χ1) is 14.4. The first kappa shape index (κ1) is 19.9. The molecule has 2 aliphatic heterocycles. The van der Waals surface area contributed by atoms with Gasteiger partial charge in [0.1, 0.15) is 0 Å². The number of hydroxylamine groups is 2. The molecule has 0 amide bonds. The second kappa shape index (κ2) is 7.27. The second-order valence-corrected chi connectivity index (χ2v) is 10.1. The van der Waals surface area contributed by atoms with Crippen LogP contribution in [-0.4, -0.2) is 46.0 Å². The van der Waals surface area contributed by atoms with Crippen molar-refractivity contribution in [3.63, 3.8) is 0 Å². The highest BCUT2D eigenvalue weighted by atomic mass is 32.2. The van der Waals surface area contributed by atoms with E-state index >= 15 is 0 Å². The van der Waals surface area contributed by atoms with Crippen molar-refractivity contribution < 1.29 is 17.4 Å². The maximum atomic E-state index is 12.9. The first-order valence-corrected chi connectivity index (χ1v) is 11.8. The number of aliphatic imine (C=N–C) groups is 1. The van der Waals surface area contributed by atoms with Gasteiger partial charge in [-0.15, -0.1) is 0 Å². The Morgan fingerprint density at radius 2 is 2.00 bits per heavy atom. The topological polar surface area (TPSA) is 68.2 Å². The van der Waals surface area contributed by atoms with Gasteiger partial charge >= 0.3 is 0 Å². The second-order valence-electron chi connectivity index (χ2n) is 8.53. The first-order valence-electron chi connectivity index (χ1n) is 10.4. The average molecular weight is 427 g/mol. The number of hydrogen-bond acceptors (Lipinski definition) is 6. The largest absolute Gasteiger partial charge is 0.302 e. The van der Waals surface area contributed by atoms with E-state index in [1.54, 1.807) is 31.4 Å². The SMILES string of the molecule is CON1CCC[C@@H]2c3cccc4c3C(COS(=O)(=O)c3ccc(C)cc3)(C=N4)C[C@H]21. The van der Waals surface area contributed by atoms with Gasteiger partial charge in [0, 0.05) is 24.7 Å². The predicted octanol–water partition coefficient (Wildman–Crippen LogP) is 3.87. The summed E-state index contributed by atoms with van der Waals surface area (Å²) in [6, 6.07) is 13.1. The molecule has 1 unspecified atom stereocenters. The monoisotopic (exact) mass is 426 g/mol.